The van der Waals surface area contributed by atoms with Crippen LogP contribution in [0.25, 0.3) is 0 Å². The molecule has 0 aliphatic carbocycles. The van der Waals surface area contributed by atoms with Gasteiger partial charge < -0.3 is 24.8 Å². The molecule has 0 saturated carbocycles. The van der Waals surface area contributed by atoms with Crippen LogP contribution in [0.2, 0.25) is 0 Å². The third kappa shape index (κ3) is 5.90. The first-order valence-corrected chi connectivity index (χ1v) is 9.00. The molecule has 7 heteroatoms. The number of amides is 2. The first-order chi connectivity index (χ1) is 13.4. The minimum absolute atomic E-state index is 0.0478. The predicted molar refractivity (Wildman–Crippen MR) is 107 cm³/mol. The van der Waals surface area contributed by atoms with Gasteiger partial charge in [-0.1, -0.05) is 18.2 Å². The average molecular weight is 386 g/mol. The monoisotopic (exact) mass is 386 g/mol. The Hall–Kier alpha value is -3.22. The molecule has 0 aliphatic heterocycles. The van der Waals surface area contributed by atoms with E-state index >= 15 is 0 Å². The van der Waals surface area contributed by atoms with Crippen LogP contribution in [0.5, 0.6) is 17.2 Å². The van der Waals surface area contributed by atoms with E-state index in [-0.39, 0.29) is 6.10 Å². The molecular formula is C21H26N2O5. The van der Waals surface area contributed by atoms with Gasteiger partial charge in [-0.15, -0.1) is 0 Å². The summed E-state index contributed by atoms with van der Waals surface area (Å²) in [4.78, 5) is 24.2. The maximum Gasteiger partial charge on any atom is 0.313 e. The summed E-state index contributed by atoms with van der Waals surface area (Å²) in [5.74, 6) is 0.318. The molecule has 2 aromatic rings. The van der Waals surface area contributed by atoms with Crippen molar-refractivity contribution in [1.29, 1.82) is 0 Å². The average Bonchev–Trinajstić information content (AvgIpc) is 2.68. The number of methoxy groups -OCH3 is 2. The Balaban J connectivity index is 1.89. The zero-order valence-corrected chi connectivity index (χ0v) is 16.6. The number of carbonyl (C=O) groups is 2. The van der Waals surface area contributed by atoms with E-state index in [1.807, 2.05) is 26.0 Å². The molecule has 2 N–H and O–H groups in total. The van der Waals surface area contributed by atoms with Crippen LogP contribution in [0.4, 0.5) is 5.69 Å². The third-order valence-electron chi connectivity index (χ3n) is 3.85. The number of hydrogen-bond acceptors (Lipinski definition) is 5. The standard InChI is InChI=1S/C21H26N2O5/c1-14(2)28-17-8-6-5-7-16(17)23-21(25)20(24)22-12-11-15-9-10-18(26-3)19(13-15)27-4/h5-10,13-14H,11-12H2,1-4H3,(H,22,24)(H,23,25). The Morgan fingerprint density at radius 1 is 0.929 bits per heavy atom. The van der Waals surface area contributed by atoms with Gasteiger partial charge in [0.2, 0.25) is 0 Å². The van der Waals surface area contributed by atoms with Gasteiger partial charge in [0.1, 0.15) is 5.75 Å². The van der Waals surface area contributed by atoms with Crippen LogP contribution in [0.3, 0.4) is 0 Å². The Bertz CT molecular complexity index is 820. The number of carbonyl (C=O) groups excluding carboxylic acids is 2. The molecule has 2 amide bonds. The minimum Gasteiger partial charge on any atom is -0.493 e. The zero-order valence-electron chi connectivity index (χ0n) is 16.6. The molecule has 7 nitrogen and oxygen atoms in total. The van der Waals surface area contributed by atoms with Crippen molar-refractivity contribution in [3.63, 3.8) is 0 Å². The Kier molecular flexibility index (Phi) is 7.68. The van der Waals surface area contributed by atoms with Gasteiger partial charge in [-0.25, -0.2) is 0 Å². The summed E-state index contributed by atoms with van der Waals surface area (Å²) in [6.07, 6.45) is 0.500. The fourth-order valence-electron chi connectivity index (χ4n) is 2.54. The Labute approximate surface area is 165 Å². The van der Waals surface area contributed by atoms with Crippen molar-refractivity contribution in [1.82, 2.24) is 5.32 Å². The number of rotatable bonds is 8. The molecule has 0 aromatic heterocycles. The highest BCUT2D eigenvalue weighted by molar-refractivity contribution is 6.39. The van der Waals surface area contributed by atoms with Gasteiger partial charge >= 0.3 is 11.8 Å². The zero-order chi connectivity index (χ0) is 20.5. The van der Waals surface area contributed by atoms with Gasteiger partial charge in [0.05, 0.1) is 26.0 Å². The smallest absolute Gasteiger partial charge is 0.313 e. The third-order valence-corrected chi connectivity index (χ3v) is 3.85. The van der Waals surface area contributed by atoms with Gasteiger partial charge in [0.15, 0.2) is 11.5 Å². The van der Waals surface area contributed by atoms with Crippen LogP contribution >= 0.6 is 0 Å². The van der Waals surface area contributed by atoms with E-state index in [1.54, 1.807) is 44.6 Å². The van der Waals surface area contributed by atoms with E-state index in [2.05, 4.69) is 10.6 Å². The van der Waals surface area contributed by atoms with Crippen molar-refractivity contribution in [3.05, 3.63) is 48.0 Å². The molecule has 0 saturated heterocycles. The van der Waals surface area contributed by atoms with Crippen LogP contribution in [0, 0.1) is 0 Å². The summed E-state index contributed by atoms with van der Waals surface area (Å²) in [7, 11) is 3.13. The molecule has 2 rings (SSSR count). The van der Waals surface area contributed by atoms with Crippen LogP contribution in [-0.2, 0) is 16.0 Å². The van der Waals surface area contributed by atoms with Crippen molar-refractivity contribution < 1.29 is 23.8 Å². The molecule has 150 valence electrons. The summed E-state index contributed by atoms with van der Waals surface area (Å²) in [6, 6.07) is 12.5. The van der Waals surface area contributed by atoms with Crippen LogP contribution in [-0.4, -0.2) is 38.7 Å². The highest BCUT2D eigenvalue weighted by Gasteiger charge is 2.16. The Morgan fingerprint density at radius 2 is 1.64 bits per heavy atom. The quantitative estimate of drug-likeness (QED) is 0.682. The van der Waals surface area contributed by atoms with Gasteiger partial charge in [0, 0.05) is 6.54 Å². The summed E-state index contributed by atoms with van der Waals surface area (Å²) in [6.45, 7) is 4.09. The highest BCUT2D eigenvalue weighted by atomic mass is 16.5. The molecule has 0 atom stereocenters. The second-order valence-electron chi connectivity index (χ2n) is 6.31. The van der Waals surface area contributed by atoms with Crippen LogP contribution < -0.4 is 24.8 Å². The van der Waals surface area contributed by atoms with Crippen molar-refractivity contribution in [3.8, 4) is 17.2 Å². The largest absolute Gasteiger partial charge is 0.493 e. The maximum atomic E-state index is 12.2. The molecule has 0 bridgehead atoms. The van der Waals surface area contributed by atoms with E-state index in [0.717, 1.165) is 5.56 Å². The molecule has 0 heterocycles. The summed E-state index contributed by atoms with van der Waals surface area (Å²) in [5, 5.41) is 5.20. The number of para-hydroxylation sites is 2. The molecule has 28 heavy (non-hydrogen) atoms. The molecule has 0 aliphatic rings. The molecular weight excluding hydrogens is 360 g/mol. The normalized spacial score (nSPS) is 10.3. The van der Waals surface area contributed by atoms with Gasteiger partial charge in [0.25, 0.3) is 0 Å². The molecule has 0 unspecified atom stereocenters. The van der Waals surface area contributed by atoms with E-state index in [4.69, 9.17) is 14.2 Å². The lowest BCUT2D eigenvalue weighted by molar-refractivity contribution is -0.136. The number of nitrogens with one attached hydrogen (secondary N) is 2. The second-order valence-corrected chi connectivity index (χ2v) is 6.31. The highest BCUT2D eigenvalue weighted by Crippen LogP contribution is 2.27. The fraction of sp³-hybridized carbons (Fsp3) is 0.333. The lowest BCUT2D eigenvalue weighted by Gasteiger charge is -2.14. The first-order valence-electron chi connectivity index (χ1n) is 9.00. The molecule has 2 aromatic carbocycles. The summed E-state index contributed by atoms with van der Waals surface area (Å²) < 4.78 is 16.1. The number of hydrogen-bond donors (Lipinski definition) is 2. The molecule has 0 radical (unpaired) electrons. The van der Waals surface area contributed by atoms with Crippen molar-refractivity contribution in [2.45, 2.75) is 26.4 Å². The molecule has 0 spiro atoms. The molecule has 0 fully saturated rings. The fourth-order valence-corrected chi connectivity index (χ4v) is 2.54. The second kappa shape index (κ2) is 10.2. The summed E-state index contributed by atoms with van der Waals surface area (Å²) in [5.41, 5.74) is 1.41. The van der Waals surface area contributed by atoms with Crippen molar-refractivity contribution in [2.75, 3.05) is 26.1 Å². The van der Waals surface area contributed by atoms with Gasteiger partial charge in [-0.3, -0.25) is 9.59 Å². The summed E-state index contributed by atoms with van der Waals surface area (Å²) >= 11 is 0. The topological polar surface area (TPSA) is 85.9 Å². The SMILES string of the molecule is COc1ccc(CCNC(=O)C(=O)Nc2ccccc2OC(C)C)cc1OC. The van der Waals surface area contributed by atoms with Crippen molar-refractivity contribution >= 4 is 17.5 Å². The lowest BCUT2D eigenvalue weighted by atomic mass is 10.1. The van der Waals surface area contributed by atoms with Crippen LogP contribution in [0.15, 0.2) is 42.5 Å². The Morgan fingerprint density at radius 3 is 2.32 bits per heavy atom. The van der Waals surface area contributed by atoms with E-state index in [9.17, 15) is 9.59 Å². The van der Waals surface area contributed by atoms with Crippen molar-refractivity contribution in [2.24, 2.45) is 0 Å². The number of anilines is 1. The number of ether oxygens (including phenoxy) is 3. The van der Waals surface area contributed by atoms with Gasteiger partial charge in [-0.2, -0.15) is 0 Å². The first kappa shape index (κ1) is 21.1. The van der Waals surface area contributed by atoms with E-state index in [1.165, 1.54) is 0 Å². The van der Waals surface area contributed by atoms with E-state index in [0.29, 0.717) is 35.9 Å². The minimum atomic E-state index is -0.743. The lowest BCUT2D eigenvalue weighted by Crippen LogP contribution is -2.36. The van der Waals surface area contributed by atoms with Gasteiger partial charge in [-0.05, 0) is 50.1 Å². The maximum absolute atomic E-state index is 12.2. The van der Waals surface area contributed by atoms with E-state index < -0.39 is 11.8 Å². The van der Waals surface area contributed by atoms with Crippen LogP contribution in [0.1, 0.15) is 19.4 Å². The number of benzene rings is 2. The predicted octanol–water partition coefficient (Wildman–Crippen LogP) is 2.79.